The van der Waals surface area contributed by atoms with E-state index < -0.39 is 11.9 Å². The summed E-state index contributed by atoms with van der Waals surface area (Å²) in [6, 6.07) is 5.08. The average molecular weight is 330 g/mol. The number of aliphatic hydroxyl groups excluding tert-OH is 1. The van der Waals surface area contributed by atoms with E-state index in [1.165, 1.54) is 6.33 Å². The molecule has 2 heterocycles. The van der Waals surface area contributed by atoms with E-state index in [-0.39, 0.29) is 19.6 Å². The summed E-state index contributed by atoms with van der Waals surface area (Å²) in [4.78, 5) is 4.09. The first-order valence-corrected chi connectivity index (χ1v) is 7.11. The standard InChI is InChI=1S/C13H13Cl2N3O3/c14-8-1-2-10(11(15)3-8)13(4-12-16-7-17-18-12)20-6-9(5-19)21-13/h1-3,7,9,19H,4-6H2,(H,16,17,18). The fraction of sp³-hybridized carbons (Fsp3) is 0.385. The number of aromatic amines is 1. The lowest BCUT2D eigenvalue weighted by atomic mass is 10.0. The first-order chi connectivity index (χ1) is 10.1. The number of aromatic nitrogens is 3. The van der Waals surface area contributed by atoms with Crippen molar-refractivity contribution in [1.29, 1.82) is 0 Å². The molecule has 112 valence electrons. The molecule has 0 radical (unpaired) electrons. The fourth-order valence-electron chi connectivity index (χ4n) is 2.31. The molecule has 0 saturated carbocycles. The highest BCUT2D eigenvalue weighted by Crippen LogP contribution is 2.40. The van der Waals surface area contributed by atoms with Crippen LogP contribution in [0, 0.1) is 0 Å². The van der Waals surface area contributed by atoms with Gasteiger partial charge in [-0.15, -0.1) is 0 Å². The van der Waals surface area contributed by atoms with Gasteiger partial charge in [-0.1, -0.05) is 29.3 Å². The minimum atomic E-state index is -1.13. The molecule has 1 aliphatic rings. The number of rotatable bonds is 4. The molecule has 3 rings (SSSR count). The number of nitrogens with zero attached hydrogens (tertiary/aromatic N) is 2. The van der Waals surface area contributed by atoms with Gasteiger partial charge in [0, 0.05) is 10.6 Å². The van der Waals surface area contributed by atoms with Gasteiger partial charge in [0.1, 0.15) is 12.4 Å². The Balaban J connectivity index is 1.99. The molecule has 0 spiro atoms. The summed E-state index contributed by atoms with van der Waals surface area (Å²) in [5, 5.41) is 16.9. The van der Waals surface area contributed by atoms with Crippen LogP contribution >= 0.6 is 23.2 Å². The van der Waals surface area contributed by atoms with E-state index in [1.54, 1.807) is 18.2 Å². The second-order valence-electron chi connectivity index (χ2n) is 4.70. The number of hydrogen-bond donors (Lipinski definition) is 2. The van der Waals surface area contributed by atoms with Crippen molar-refractivity contribution in [1.82, 2.24) is 15.2 Å². The maximum Gasteiger partial charge on any atom is 0.204 e. The van der Waals surface area contributed by atoms with Crippen LogP contribution in [0.4, 0.5) is 0 Å². The molecule has 6 nitrogen and oxygen atoms in total. The van der Waals surface area contributed by atoms with Crippen molar-refractivity contribution in [3.63, 3.8) is 0 Å². The summed E-state index contributed by atoms with van der Waals surface area (Å²) >= 11 is 12.2. The van der Waals surface area contributed by atoms with Gasteiger partial charge in [0.2, 0.25) is 5.79 Å². The predicted molar refractivity (Wildman–Crippen MR) is 76.1 cm³/mol. The number of H-pyrrole nitrogens is 1. The van der Waals surface area contributed by atoms with Gasteiger partial charge in [-0.25, -0.2) is 4.98 Å². The van der Waals surface area contributed by atoms with E-state index in [4.69, 9.17) is 32.7 Å². The number of ether oxygens (including phenoxy) is 2. The van der Waals surface area contributed by atoms with Gasteiger partial charge in [0.15, 0.2) is 5.82 Å². The van der Waals surface area contributed by atoms with Crippen LogP contribution in [0.15, 0.2) is 24.5 Å². The molecular formula is C13H13Cl2N3O3. The van der Waals surface area contributed by atoms with Crippen LogP contribution in [0.25, 0.3) is 0 Å². The Morgan fingerprint density at radius 1 is 1.43 bits per heavy atom. The molecule has 1 aliphatic heterocycles. The van der Waals surface area contributed by atoms with Gasteiger partial charge in [0.25, 0.3) is 0 Å². The van der Waals surface area contributed by atoms with E-state index in [9.17, 15) is 5.11 Å². The van der Waals surface area contributed by atoms with Gasteiger partial charge >= 0.3 is 0 Å². The minimum Gasteiger partial charge on any atom is -0.394 e. The van der Waals surface area contributed by atoms with E-state index in [0.29, 0.717) is 21.4 Å². The topological polar surface area (TPSA) is 80.3 Å². The Labute approximate surface area is 131 Å². The first-order valence-electron chi connectivity index (χ1n) is 6.36. The second kappa shape index (κ2) is 5.90. The second-order valence-corrected chi connectivity index (χ2v) is 5.55. The SMILES string of the molecule is OCC1COC(Cc2nc[nH]n2)(c2ccc(Cl)cc2Cl)O1. The third-order valence-corrected chi connectivity index (χ3v) is 3.81. The Bertz CT molecular complexity index is 623. The molecule has 1 aromatic carbocycles. The Morgan fingerprint density at radius 3 is 2.90 bits per heavy atom. The van der Waals surface area contributed by atoms with Gasteiger partial charge in [-0.05, 0) is 12.1 Å². The quantitative estimate of drug-likeness (QED) is 0.895. The fourth-order valence-corrected chi connectivity index (χ4v) is 2.86. The van der Waals surface area contributed by atoms with Crippen molar-refractivity contribution in [3.8, 4) is 0 Å². The van der Waals surface area contributed by atoms with Crippen LogP contribution in [0.3, 0.4) is 0 Å². The molecule has 2 unspecified atom stereocenters. The summed E-state index contributed by atoms with van der Waals surface area (Å²) < 4.78 is 11.7. The summed E-state index contributed by atoms with van der Waals surface area (Å²) in [7, 11) is 0. The Morgan fingerprint density at radius 2 is 2.29 bits per heavy atom. The first kappa shape index (κ1) is 14.7. The third kappa shape index (κ3) is 2.90. The monoisotopic (exact) mass is 329 g/mol. The molecule has 0 aliphatic carbocycles. The Kier molecular flexibility index (Phi) is 4.14. The van der Waals surface area contributed by atoms with Crippen molar-refractivity contribution in [2.45, 2.75) is 18.3 Å². The number of aliphatic hydroxyl groups is 1. The number of hydrogen-bond acceptors (Lipinski definition) is 5. The summed E-state index contributed by atoms with van der Waals surface area (Å²) in [6.45, 7) is 0.126. The van der Waals surface area contributed by atoms with Gasteiger partial charge in [-0.2, -0.15) is 5.10 Å². The van der Waals surface area contributed by atoms with E-state index >= 15 is 0 Å². The summed E-state index contributed by atoms with van der Waals surface area (Å²) in [6.07, 6.45) is 1.33. The van der Waals surface area contributed by atoms with Crippen molar-refractivity contribution < 1.29 is 14.6 Å². The molecule has 1 fully saturated rings. The smallest absolute Gasteiger partial charge is 0.204 e. The molecule has 8 heteroatoms. The number of halogens is 2. The molecule has 2 atom stereocenters. The lowest BCUT2D eigenvalue weighted by Gasteiger charge is -2.28. The predicted octanol–water partition coefficient (Wildman–Crippen LogP) is 1.91. The van der Waals surface area contributed by atoms with Gasteiger partial charge in [-0.3, -0.25) is 5.10 Å². The highest BCUT2D eigenvalue weighted by molar-refractivity contribution is 6.35. The maximum atomic E-state index is 9.29. The number of benzene rings is 1. The zero-order valence-electron chi connectivity index (χ0n) is 10.9. The molecule has 2 aromatic rings. The summed E-state index contributed by atoms with van der Waals surface area (Å²) in [5.41, 5.74) is 0.634. The lowest BCUT2D eigenvalue weighted by molar-refractivity contribution is -0.180. The third-order valence-electron chi connectivity index (χ3n) is 3.26. The van der Waals surface area contributed by atoms with E-state index in [2.05, 4.69) is 15.2 Å². The van der Waals surface area contributed by atoms with Gasteiger partial charge < -0.3 is 14.6 Å². The highest BCUT2D eigenvalue weighted by atomic mass is 35.5. The molecule has 0 bridgehead atoms. The van der Waals surface area contributed by atoms with Crippen molar-refractivity contribution in [3.05, 3.63) is 46.0 Å². The van der Waals surface area contributed by atoms with Crippen LogP contribution in [0.1, 0.15) is 11.4 Å². The van der Waals surface area contributed by atoms with E-state index in [1.807, 2.05) is 0 Å². The maximum absolute atomic E-state index is 9.29. The minimum absolute atomic E-state index is 0.138. The van der Waals surface area contributed by atoms with Crippen molar-refractivity contribution in [2.24, 2.45) is 0 Å². The molecule has 0 amide bonds. The van der Waals surface area contributed by atoms with Crippen LogP contribution in [0.2, 0.25) is 10.0 Å². The van der Waals surface area contributed by atoms with E-state index in [0.717, 1.165) is 0 Å². The van der Waals surface area contributed by atoms with Crippen LogP contribution in [-0.4, -0.2) is 39.6 Å². The average Bonchev–Trinajstić information content (AvgIpc) is 3.09. The van der Waals surface area contributed by atoms with Crippen LogP contribution < -0.4 is 0 Å². The lowest BCUT2D eigenvalue weighted by Crippen LogP contribution is -2.32. The largest absolute Gasteiger partial charge is 0.394 e. The molecular weight excluding hydrogens is 317 g/mol. The number of nitrogens with one attached hydrogen (secondary N) is 1. The molecule has 1 saturated heterocycles. The molecule has 21 heavy (non-hydrogen) atoms. The Hall–Kier alpha value is -1.18. The highest BCUT2D eigenvalue weighted by Gasteiger charge is 2.45. The van der Waals surface area contributed by atoms with Crippen molar-refractivity contribution in [2.75, 3.05) is 13.2 Å². The summed E-state index contributed by atoms with van der Waals surface area (Å²) in [5.74, 6) is -0.600. The van der Waals surface area contributed by atoms with Crippen LogP contribution in [0.5, 0.6) is 0 Å². The van der Waals surface area contributed by atoms with Crippen LogP contribution in [-0.2, 0) is 21.7 Å². The molecule has 2 N–H and O–H groups in total. The molecule has 1 aromatic heterocycles. The zero-order chi connectivity index (χ0) is 14.9. The van der Waals surface area contributed by atoms with Gasteiger partial charge in [0.05, 0.1) is 24.7 Å². The van der Waals surface area contributed by atoms with Crippen molar-refractivity contribution >= 4 is 23.2 Å². The normalized spacial score (nSPS) is 25.4. The zero-order valence-corrected chi connectivity index (χ0v) is 12.4.